The van der Waals surface area contributed by atoms with E-state index < -0.39 is 0 Å². The molecule has 5 rings (SSSR count). The van der Waals surface area contributed by atoms with Gasteiger partial charge in [-0.3, -0.25) is 14.8 Å². The summed E-state index contributed by atoms with van der Waals surface area (Å²) in [6.45, 7) is 1.49. The second-order valence-electron chi connectivity index (χ2n) is 7.40. The van der Waals surface area contributed by atoms with Gasteiger partial charge >= 0.3 is 0 Å². The maximum absolute atomic E-state index is 11.6. The SMILES string of the molecule is CN=Cc1ccc(-n2nc(-c3cccnc3)c3c2-c2sc(NC(C)=O)nc2CC3)c(Br)c1. The molecule has 1 aliphatic rings. The lowest BCUT2D eigenvalue weighted by Gasteiger charge is -2.15. The number of aryl methyl sites for hydroxylation is 1. The number of amides is 1. The molecule has 0 radical (unpaired) electrons. The van der Waals surface area contributed by atoms with Gasteiger partial charge in [-0.05, 0) is 58.6 Å². The van der Waals surface area contributed by atoms with Crippen LogP contribution in [-0.4, -0.2) is 38.9 Å². The Morgan fingerprint density at radius 2 is 2.19 bits per heavy atom. The van der Waals surface area contributed by atoms with Crippen LogP contribution in [0.3, 0.4) is 0 Å². The standard InChI is InChI=1S/C23H19BrN6OS/c1-13(31)27-23-28-18-7-6-16-20(15-4-3-9-26-12-15)29-30(21(16)22(18)32-23)19-8-5-14(11-25-2)10-17(19)24/h3-5,8-12H,6-7H2,1-2H3,(H,27,28,31). The Labute approximate surface area is 197 Å². The van der Waals surface area contributed by atoms with Gasteiger partial charge in [-0.1, -0.05) is 17.4 Å². The van der Waals surface area contributed by atoms with E-state index in [-0.39, 0.29) is 5.91 Å². The smallest absolute Gasteiger partial charge is 0.223 e. The number of thiazole rings is 1. The number of pyridine rings is 1. The number of nitrogens with zero attached hydrogens (tertiary/aromatic N) is 5. The van der Waals surface area contributed by atoms with Crippen LogP contribution in [0.25, 0.3) is 27.5 Å². The molecule has 0 saturated carbocycles. The van der Waals surface area contributed by atoms with Crippen molar-refractivity contribution in [1.29, 1.82) is 0 Å². The molecule has 160 valence electrons. The highest BCUT2D eigenvalue weighted by Crippen LogP contribution is 2.44. The Morgan fingerprint density at radius 3 is 2.91 bits per heavy atom. The van der Waals surface area contributed by atoms with Crippen molar-refractivity contribution in [3.8, 4) is 27.5 Å². The topological polar surface area (TPSA) is 85.1 Å². The molecule has 32 heavy (non-hydrogen) atoms. The van der Waals surface area contributed by atoms with Gasteiger partial charge in [-0.15, -0.1) is 0 Å². The Bertz CT molecular complexity index is 1360. The average Bonchev–Trinajstić information content (AvgIpc) is 3.35. The van der Waals surface area contributed by atoms with Gasteiger partial charge < -0.3 is 5.32 Å². The monoisotopic (exact) mass is 506 g/mol. The number of aliphatic imine (C=N–C) groups is 1. The molecule has 0 aliphatic heterocycles. The number of rotatable bonds is 4. The van der Waals surface area contributed by atoms with E-state index in [0.29, 0.717) is 5.13 Å². The zero-order chi connectivity index (χ0) is 22.2. The van der Waals surface area contributed by atoms with Crippen LogP contribution in [0.2, 0.25) is 0 Å². The molecule has 0 atom stereocenters. The van der Waals surface area contributed by atoms with Crippen molar-refractivity contribution >= 4 is 44.5 Å². The van der Waals surface area contributed by atoms with Gasteiger partial charge in [0.1, 0.15) is 0 Å². The third-order valence-corrected chi connectivity index (χ3v) is 6.86. The van der Waals surface area contributed by atoms with E-state index in [0.717, 1.165) is 61.7 Å². The number of hydrogen-bond acceptors (Lipinski definition) is 6. The predicted octanol–water partition coefficient (Wildman–Crippen LogP) is 4.93. The van der Waals surface area contributed by atoms with E-state index in [1.54, 1.807) is 13.2 Å². The second kappa shape index (κ2) is 8.40. The lowest BCUT2D eigenvalue weighted by molar-refractivity contribution is -0.114. The molecule has 1 aliphatic carbocycles. The van der Waals surface area contributed by atoms with Crippen LogP contribution >= 0.6 is 27.3 Å². The molecule has 9 heteroatoms. The summed E-state index contributed by atoms with van der Waals surface area (Å²) in [5, 5.41) is 8.48. The van der Waals surface area contributed by atoms with Crippen LogP contribution < -0.4 is 5.32 Å². The number of anilines is 1. The number of nitrogens with one attached hydrogen (secondary N) is 1. The first kappa shape index (κ1) is 20.7. The van der Waals surface area contributed by atoms with Gasteiger partial charge in [0.15, 0.2) is 5.13 Å². The van der Waals surface area contributed by atoms with Crippen molar-refractivity contribution in [3.05, 3.63) is 64.0 Å². The van der Waals surface area contributed by atoms with Crippen LogP contribution in [0.1, 0.15) is 23.7 Å². The molecule has 4 aromatic rings. The normalized spacial score (nSPS) is 12.6. The zero-order valence-corrected chi connectivity index (χ0v) is 19.9. The molecule has 0 unspecified atom stereocenters. The highest BCUT2D eigenvalue weighted by Gasteiger charge is 2.30. The zero-order valence-electron chi connectivity index (χ0n) is 17.5. The Kier molecular flexibility index (Phi) is 5.44. The van der Waals surface area contributed by atoms with Crippen molar-refractivity contribution in [2.45, 2.75) is 19.8 Å². The average molecular weight is 507 g/mol. The molecule has 1 N–H and O–H groups in total. The van der Waals surface area contributed by atoms with Gasteiger partial charge in [0.2, 0.25) is 5.91 Å². The van der Waals surface area contributed by atoms with E-state index in [1.807, 2.05) is 47.4 Å². The summed E-state index contributed by atoms with van der Waals surface area (Å²) in [5.41, 5.74) is 6.97. The lowest BCUT2D eigenvalue weighted by Crippen LogP contribution is -2.07. The first-order valence-electron chi connectivity index (χ1n) is 10.1. The molecule has 0 spiro atoms. The fraction of sp³-hybridized carbons (Fsp3) is 0.174. The van der Waals surface area contributed by atoms with Crippen molar-refractivity contribution in [2.75, 3.05) is 12.4 Å². The summed E-state index contributed by atoms with van der Waals surface area (Å²) in [6.07, 6.45) is 7.03. The van der Waals surface area contributed by atoms with Crippen LogP contribution in [-0.2, 0) is 17.6 Å². The lowest BCUT2D eigenvalue weighted by atomic mass is 9.95. The number of benzene rings is 1. The molecular formula is C23H19BrN6OS. The number of fused-ring (bicyclic) bond motifs is 3. The molecule has 3 aromatic heterocycles. The van der Waals surface area contributed by atoms with Crippen LogP contribution in [0, 0.1) is 0 Å². The molecule has 0 saturated heterocycles. The molecule has 3 heterocycles. The summed E-state index contributed by atoms with van der Waals surface area (Å²) < 4.78 is 2.89. The van der Waals surface area contributed by atoms with Crippen molar-refractivity contribution < 1.29 is 4.79 Å². The minimum atomic E-state index is -0.128. The minimum absolute atomic E-state index is 0.128. The quantitative estimate of drug-likeness (QED) is 0.397. The van der Waals surface area contributed by atoms with E-state index >= 15 is 0 Å². The Balaban J connectivity index is 1.74. The predicted molar refractivity (Wildman–Crippen MR) is 131 cm³/mol. The maximum atomic E-state index is 11.6. The van der Waals surface area contributed by atoms with Gasteiger partial charge in [0.05, 0.1) is 27.6 Å². The largest absolute Gasteiger partial charge is 0.302 e. The summed E-state index contributed by atoms with van der Waals surface area (Å²) in [5.74, 6) is -0.128. The highest BCUT2D eigenvalue weighted by atomic mass is 79.9. The Morgan fingerprint density at radius 1 is 1.31 bits per heavy atom. The summed E-state index contributed by atoms with van der Waals surface area (Å²) in [7, 11) is 1.75. The molecule has 0 bridgehead atoms. The minimum Gasteiger partial charge on any atom is -0.302 e. The molecule has 0 fully saturated rings. The fourth-order valence-corrected chi connectivity index (χ4v) is 5.59. The molecule has 1 aromatic carbocycles. The number of hydrogen-bond donors (Lipinski definition) is 1. The van der Waals surface area contributed by atoms with Crippen LogP contribution in [0.4, 0.5) is 5.13 Å². The summed E-state index contributed by atoms with van der Waals surface area (Å²) in [6, 6.07) is 10.0. The number of carbonyl (C=O) groups excluding carboxylic acids is 1. The van der Waals surface area contributed by atoms with E-state index in [1.165, 1.54) is 18.3 Å². The van der Waals surface area contributed by atoms with Crippen molar-refractivity contribution in [2.24, 2.45) is 4.99 Å². The first-order chi connectivity index (χ1) is 15.5. The number of carbonyl (C=O) groups is 1. The summed E-state index contributed by atoms with van der Waals surface area (Å²) >= 11 is 5.21. The second-order valence-corrected chi connectivity index (χ2v) is 9.26. The molecular weight excluding hydrogens is 488 g/mol. The van der Waals surface area contributed by atoms with E-state index in [4.69, 9.17) is 5.10 Å². The van der Waals surface area contributed by atoms with Crippen molar-refractivity contribution in [3.63, 3.8) is 0 Å². The maximum Gasteiger partial charge on any atom is 0.223 e. The summed E-state index contributed by atoms with van der Waals surface area (Å²) in [4.78, 5) is 25.7. The van der Waals surface area contributed by atoms with Crippen LogP contribution in [0.5, 0.6) is 0 Å². The Hall–Kier alpha value is -3.17. The van der Waals surface area contributed by atoms with Gasteiger partial charge in [-0.2, -0.15) is 5.10 Å². The molecule has 1 amide bonds. The third kappa shape index (κ3) is 3.67. The molecule has 7 nitrogen and oxygen atoms in total. The number of halogens is 1. The third-order valence-electron chi connectivity index (χ3n) is 5.20. The van der Waals surface area contributed by atoms with Gasteiger partial charge in [0, 0.05) is 48.2 Å². The fourth-order valence-electron chi connectivity index (χ4n) is 3.91. The van der Waals surface area contributed by atoms with Gasteiger partial charge in [-0.25, -0.2) is 9.67 Å². The van der Waals surface area contributed by atoms with E-state index in [9.17, 15) is 4.79 Å². The van der Waals surface area contributed by atoms with Crippen LogP contribution in [0.15, 0.2) is 52.2 Å². The van der Waals surface area contributed by atoms with E-state index in [2.05, 4.69) is 36.2 Å². The number of aromatic nitrogens is 4. The highest BCUT2D eigenvalue weighted by molar-refractivity contribution is 9.10. The first-order valence-corrected chi connectivity index (χ1v) is 11.7. The van der Waals surface area contributed by atoms with Gasteiger partial charge in [0.25, 0.3) is 0 Å². The van der Waals surface area contributed by atoms with Crippen molar-refractivity contribution in [1.82, 2.24) is 19.7 Å².